The molecule has 3 aromatic carbocycles. The van der Waals surface area contributed by atoms with Crippen LogP contribution in [-0.2, 0) is 4.74 Å². The van der Waals surface area contributed by atoms with Gasteiger partial charge in [-0.3, -0.25) is 4.79 Å². The van der Waals surface area contributed by atoms with Crippen molar-refractivity contribution in [3.05, 3.63) is 83.9 Å². The van der Waals surface area contributed by atoms with Crippen LogP contribution in [0, 0.1) is 0 Å². The summed E-state index contributed by atoms with van der Waals surface area (Å²) in [5.74, 6) is 0.523. The number of carbonyl (C=O) groups excluding carboxylic acids is 1. The van der Waals surface area contributed by atoms with Crippen molar-refractivity contribution in [1.82, 2.24) is 0 Å². The zero-order chi connectivity index (χ0) is 15.6. The normalized spacial score (nSPS) is 16.9. The lowest BCUT2D eigenvalue weighted by molar-refractivity contribution is 0.0817. The predicted octanol–water partition coefficient (Wildman–Crippen LogP) is 3.87. The van der Waals surface area contributed by atoms with Crippen LogP contribution < -0.4 is 0 Å². The van der Waals surface area contributed by atoms with Crippen LogP contribution in [0.3, 0.4) is 0 Å². The summed E-state index contributed by atoms with van der Waals surface area (Å²) < 4.78 is 5.78. The Morgan fingerprint density at radius 1 is 0.913 bits per heavy atom. The van der Waals surface area contributed by atoms with Crippen LogP contribution in [0.1, 0.15) is 15.9 Å². The summed E-state index contributed by atoms with van der Waals surface area (Å²) >= 11 is 0. The van der Waals surface area contributed by atoms with E-state index in [0.29, 0.717) is 18.0 Å². The van der Waals surface area contributed by atoms with Gasteiger partial charge in [-0.05, 0) is 29.0 Å². The first-order chi connectivity index (χ1) is 11.3. The Labute approximate surface area is 134 Å². The molecule has 0 N–H and O–H groups in total. The number of ether oxygens (including phenoxy) is 1. The molecule has 0 saturated carbocycles. The number of fused-ring (bicyclic) bond motifs is 1. The topological polar surface area (TPSA) is 38.7 Å². The van der Waals surface area contributed by atoms with E-state index in [0.717, 1.165) is 16.3 Å². The van der Waals surface area contributed by atoms with Crippen LogP contribution in [0.4, 0.5) is 0 Å². The zero-order valence-corrected chi connectivity index (χ0v) is 12.5. The van der Waals surface area contributed by atoms with E-state index in [1.807, 2.05) is 72.8 Å². The minimum Gasteiger partial charge on any atom is -0.464 e. The maximum absolute atomic E-state index is 12.7. The fourth-order valence-electron chi connectivity index (χ4n) is 2.78. The monoisotopic (exact) mass is 301 g/mol. The van der Waals surface area contributed by atoms with Crippen molar-refractivity contribution < 1.29 is 9.53 Å². The van der Waals surface area contributed by atoms with Crippen molar-refractivity contribution in [1.29, 1.82) is 0 Å². The van der Waals surface area contributed by atoms with Gasteiger partial charge >= 0.3 is 0 Å². The third-order valence-electron chi connectivity index (χ3n) is 4.00. The van der Waals surface area contributed by atoms with Crippen molar-refractivity contribution in [2.75, 3.05) is 6.54 Å². The molecular formula is C20H15NO2. The van der Waals surface area contributed by atoms with E-state index in [-0.39, 0.29) is 5.78 Å². The molecule has 0 amide bonds. The molecule has 0 saturated heterocycles. The van der Waals surface area contributed by atoms with E-state index < -0.39 is 6.10 Å². The molecule has 0 aliphatic carbocycles. The Morgan fingerprint density at radius 3 is 2.48 bits per heavy atom. The smallest absolute Gasteiger partial charge is 0.217 e. The Bertz CT molecular complexity index is 900. The van der Waals surface area contributed by atoms with Crippen molar-refractivity contribution in [2.24, 2.45) is 4.99 Å². The van der Waals surface area contributed by atoms with Gasteiger partial charge in [-0.1, -0.05) is 54.6 Å². The molecule has 112 valence electrons. The molecular weight excluding hydrogens is 286 g/mol. The molecule has 1 aliphatic rings. The van der Waals surface area contributed by atoms with E-state index in [2.05, 4.69) is 4.99 Å². The summed E-state index contributed by atoms with van der Waals surface area (Å²) in [6.45, 7) is 0.371. The molecule has 23 heavy (non-hydrogen) atoms. The lowest BCUT2D eigenvalue weighted by atomic mass is 10.0. The van der Waals surface area contributed by atoms with Gasteiger partial charge < -0.3 is 4.74 Å². The minimum atomic E-state index is -0.536. The quantitative estimate of drug-likeness (QED) is 0.689. The number of benzene rings is 3. The summed E-state index contributed by atoms with van der Waals surface area (Å²) in [6.07, 6.45) is -0.536. The first kappa shape index (κ1) is 13.7. The number of rotatable bonds is 3. The third-order valence-corrected chi connectivity index (χ3v) is 4.00. The fraction of sp³-hybridized carbons (Fsp3) is 0.100. The Hall–Kier alpha value is -2.94. The first-order valence-electron chi connectivity index (χ1n) is 7.61. The van der Waals surface area contributed by atoms with Gasteiger partial charge in [0.25, 0.3) is 0 Å². The number of hydrogen-bond donors (Lipinski definition) is 0. The Balaban J connectivity index is 1.56. The third kappa shape index (κ3) is 2.61. The number of hydrogen-bond acceptors (Lipinski definition) is 3. The highest BCUT2D eigenvalue weighted by Gasteiger charge is 2.28. The van der Waals surface area contributed by atoms with E-state index in [1.165, 1.54) is 0 Å². The average molecular weight is 301 g/mol. The van der Waals surface area contributed by atoms with Crippen LogP contribution in [-0.4, -0.2) is 24.3 Å². The summed E-state index contributed by atoms with van der Waals surface area (Å²) in [4.78, 5) is 17.0. The molecule has 0 aromatic heterocycles. The average Bonchev–Trinajstić information content (AvgIpc) is 3.11. The highest BCUT2D eigenvalue weighted by atomic mass is 16.5. The largest absolute Gasteiger partial charge is 0.464 e. The maximum atomic E-state index is 12.7. The molecule has 3 nitrogen and oxygen atoms in total. The fourth-order valence-corrected chi connectivity index (χ4v) is 2.78. The number of aliphatic imine (C=N–C) groups is 1. The van der Waals surface area contributed by atoms with Gasteiger partial charge in [-0.15, -0.1) is 0 Å². The molecule has 3 aromatic rings. The first-order valence-corrected chi connectivity index (χ1v) is 7.61. The molecule has 1 heterocycles. The molecule has 3 heteroatoms. The van der Waals surface area contributed by atoms with Crippen molar-refractivity contribution in [3.8, 4) is 0 Å². The summed E-state index contributed by atoms with van der Waals surface area (Å²) in [6, 6.07) is 23.4. The van der Waals surface area contributed by atoms with Gasteiger partial charge in [-0.25, -0.2) is 4.99 Å². The van der Waals surface area contributed by atoms with Crippen LogP contribution in [0.25, 0.3) is 10.8 Å². The summed E-state index contributed by atoms with van der Waals surface area (Å²) in [5, 5.41) is 2.18. The highest BCUT2D eigenvalue weighted by Crippen LogP contribution is 2.20. The van der Waals surface area contributed by atoms with Gasteiger partial charge in [0, 0.05) is 11.1 Å². The second kappa shape index (κ2) is 5.69. The van der Waals surface area contributed by atoms with Crippen LogP contribution >= 0.6 is 0 Å². The van der Waals surface area contributed by atoms with Crippen LogP contribution in [0.2, 0.25) is 0 Å². The van der Waals surface area contributed by atoms with Crippen molar-refractivity contribution in [3.63, 3.8) is 0 Å². The molecule has 1 atom stereocenters. The number of carbonyl (C=O) groups is 1. The molecule has 0 spiro atoms. The van der Waals surface area contributed by atoms with E-state index in [4.69, 9.17) is 4.74 Å². The standard InChI is InChI=1S/C20H15NO2/c22-19(17-11-10-14-6-4-5-9-16(14)12-17)18-13-21-20(23-18)15-7-2-1-3-8-15/h1-12,18H,13H2. The lowest BCUT2D eigenvalue weighted by Crippen LogP contribution is -2.24. The van der Waals surface area contributed by atoms with Gasteiger partial charge in [0.2, 0.25) is 11.7 Å². The Kier molecular flexibility index (Phi) is 3.39. The van der Waals surface area contributed by atoms with E-state index in [1.54, 1.807) is 0 Å². The Morgan fingerprint density at radius 2 is 1.65 bits per heavy atom. The second-order valence-electron chi connectivity index (χ2n) is 5.54. The molecule has 0 fully saturated rings. The van der Waals surface area contributed by atoms with Crippen molar-refractivity contribution in [2.45, 2.75) is 6.10 Å². The van der Waals surface area contributed by atoms with Crippen molar-refractivity contribution >= 4 is 22.5 Å². The maximum Gasteiger partial charge on any atom is 0.217 e. The lowest BCUT2D eigenvalue weighted by Gasteiger charge is -2.11. The zero-order valence-electron chi connectivity index (χ0n) is 12.5. The molecule has 1 unspecified atom stereocenters. The molecule has 0 bridgehead atoms. The van der Waals surface area contributed by atoms with Gasteiger partial charge in [0.1, 0.15) is 0 Å². The summed E-state index contributed by atoms with van der Waals surface area (Å²) in [7, 11) is 0. The predicted molar refractivity (Wildman–Crippen MR) is 91.0 cm³/mol. The SMILES string of the molecule is O=C(c1ccc2ccccc2c1)C1CN=C(c2ccccc2)O1. The van der Waals surface area contributed by atoms with Gasteiger partial charge in [0.05, 0.1) is 6.54 Å². The second-order valence-corrected chi connectivity index (χ2v) is 5.54. The van der Waals surface area contributed by atoms with E-state index in [9.17, 15) is 4.79 Å². The van der Waals surface area contributed by atoms with Crippen LogP contribution in [0.5, 0.6) is 0 Å². The number of nitrogens with zero attached hydrogens (tertiary/aromatic N) is 1. The van der Waals surface area contributed by atoms with Gasteiger partial charge in [-0.2, -0.15) is 0 Å². The highest BCUT2D eigenvalue weighted by molar-refractivity contribution is 6.06. The molecule has 1 aliphatic heterocycles. The minimum absolute atomic E-state index is 0.0227. The number of Topliss-reactive ketones (excluding diaryl/α,β-unsaturated/α-hetero) is 1. The van der Waals surface area contributed by atoms with Gasteiger partial charge in [0.15, 0.2) is 6.10 Å². The molecule has 0 radical (unpaired) electrons. The number of ketones is 1. The summed E-state index contributed by atoms with van der Waals surface area (Å²) in [5.41, 5.74) is 1.57. The van der Waals surface area contributed by atoms with Crippen LogP contribution in [0.15, 0.2) is 77.8 Å². The van der Waals surface area contributed by atoms with E-state index >= 15 is 0 Å². The molecule has 4 rings (SSSR count).